The highest BCUT2D eigenvalue weighted by atomic mass is 19.1. The van der Waals surface area contributed by atoms with Crippen LogP contribution < -0.4 is 10.2 Å². The van der Waals surface area contributed by atoms with Crippen molar-refractivity contribution in [3.05, 3.63) is 66.6 Å². The fourth-order valence-corrected chi connectivity index (χ4v) is 3.88. The van der Waals surface area contributed by atoms with E-state index in [1.807, 2.05) is 58.0 Å². The van der Waals surface area contributed by atoms with Crippen molar-refractivity contribution in [1.82, 2.24) is 30.5 Å². The first-order valence-corrected chi connectivity index (χ1v) is 11.7. The number of carbonyl (C=O) groups excluding carboxylic acids is 2. The number of aromatic nitrogens is 5. The van der Waals surface area contributed by atoms with Crippen molar-refractivity contribution < 1.29 is 14.0 Å². The maximum Gasteiger partial charge on any atom is 0.251 e. The van der Waals surface area contributed by atoms with Crippen LogP contribution in [0.3, 0.4) is 0 Å². The van der Waals surface area contributed by atoms with E-state index in [1.54, 1.807) is 18.3 Å². The molecule has 0 saturated carbocycles. The smallest absolute Gasteiger partial charge is 0.251 e. The summed E-state index contributed by atoms with van der Waals surface area (Å²) in [5, 5.41) is 15.8. The van der Waals surface area contributed by atoms with Gasteiger partial charge in [0.05, 0.1) is 23.0 Å². The summed E-state index contributed by atoms with van der Waals surface area (Å²) >= 11 is 0. The molecule has 10 heteroatoms. The second kappa shape index (κ2) is 10.2. The largest absolute Gasteiger partial charge is 0.350 e. The van der Waals surface area contributed by atoms with Gasteiger partial charge in [0.25, 0.3) is 5.91 Å². The van der Waals surface area contributed by atoms with Crippen LogP contribution in [0.5, 0.6) is 0 Å². The lowest BCUT2D eigenvalue weighted by Crippen LogP contribution is -2.54. The monoisotopic (exact) mass is 489 g/mol. The zero-order valence-electron chi connectivity index (χ0n) is 20.6. The molecule has 2 amide bonds. The summed E-state index contributed by atoms with van der Waals surface area (Å²) in [6.45, 7) is 7.18. The highest BCUT2D eigenvalue weighted by molar-refractivity contribution is 6.01. The van der Waals surface area contributed by atoms with E-state index >= 15 is 0 Å². The summed E-state index contributed by atoms with van der Waals surface area (Å²) in [6, 6.07) is 14.6. The van der Waals surface area contributed by atoms with Crippen LogP contribution in [0.15, 0.2) is 60.8 Å². The molecule has 2 aromatic heterocycles. The number of carbonyl (C=O) groups is 2. The van der Waals surface area contributed by atoms with Crippen LogP contribution in [0.25, 0.3) is 22.3 Å². The molecule has 0 aliphatic carbocycles. The van der Waals surface area contributed by atoms with Crippen molar-refractivity contribution in [2.45, 2.75) is 52.2 Å². The molecule has 4 rings (SSSR count). The Morgan fingerprint density at radius 1 is 1.11 bits per heavy atom. The third kappa shape index (κ3) is 5.54. The average Bonchev–Trinajstić information content (AvgIpc) is 3.29. The molecule has 1 N–H and O–H groups in total. The topological polar surface area (TPSA) is 106 Å². The number of nitrogens with one attached hydrogen (secondary N) is 1. The molecule has 186 valence electrons. The number of pyridine rings is 1. The van der Waals surface area contributed by atoms with Crippen molar-refractivity contribution in [3.63, 3.8) is 0 Å². The summed E-state index contributed by atoms with van der Waals surface area (Å²) in [4.78, 5) is 33.9. The van der Waals surface area contributed by atoms with Crippen LogP contribution in [-0.4, -0.2) is 48.6 Å². The van der Waals surface area contributed by atoms with Crippen LogP contribution in [0.4, 0.5) is 10.1 Å². The van der Waals surface area contributed by atoms with Crippen LogP contribution in [0.1, 0.15) is 34.1 Å². The first-order valence-electron chi connectivity index (χ1n) is 11.7. The molecule has 0 radical (unpaired) electrons. The lowest BCUT2D eigenvalue weighted by Gasteiger charge is -2.32. The Labute approximate surface area is 208 Å². The second-order valence-electron chi connectivity index (χ2n) is 9.44. The lowest BCUT2D eigenvalue weighted by atomic mass is 10.1. The molecular weight excluding hydrogens is 461 g/mol. The number of hydrogen-bond acceptors (Lipinski definition) is 6. The number of tetrazole rings is 1. The maximum atomic E-state index is 14.2. The van der Waals surface area contributed by atoms with Gasteiger partial charge in [-0.2, -0.15) is 4.80 Å². The fourth-order valence-electron chi connectivity index (χ4n) is 3.88. The van der Waals surface area contributed by atoms with Crippen LogP contribution >= 0.6 is 0 Å². The SMILES string of the molecule is CCC(C(=O)NC(C)(C)C)N(C(=O)Cn1nnc(-c2ccccc2F)n1)c1cnc2ccccc2c1. The van der Waals surface area contributed by atoms with E-state index in [4.69, 9.17) is 0 Å². The average molecular weight is 490 g/mol. The third-order valence-electron chi connectivity index (χ3n) is 5.47. The minimum Gasteiger partial charge on any atom is -0.350 e. The maximum absolute atomic E-state index is 14.2. The number of hydrogen-bond donors (Lipinski definition) is 1. The highest BCUT2D eigenvalue weighted by Crippen LogP contribution is 2.24. The van der Waals surface area contributed by atoms with E-state index in [9.17, 15) is 14.0 Å². The van der Waals surface area contributed by atoms with Crippen molar-refractivity contribution in [2.24, 2.45) is 0 Å². The number of fused-ring (bicyclic) bond motifs is 1. The number of anilines is 1. The van der Waals surface area contributed by atoms with Crippen LogP contribution in [-0.2, 0) is 16.1 Å². The minimum absolute atomic E-state index is 0.0670. The Bertz CT molecular complexity index is 1400. The predicted molar refractivity (Wildman–Crippen MR) is 134 cm³/mol. The Morgan fingerprint density at radius 3 is 2.56 bits per heavy atom. The molecule has 9 nitrogen and oxygen atoms in total. The van der Waals surface area contributed by atoms with E-state index in [0.29, 0.717) is 12.1 Å². The van der Waals surface area contributed by atoms with Crippen molar-refractivity contribution >= 4 is 28.4 Å². The van der Waals surface area contributed by atoms with Gasteiger partial charge >= 0.3 is 0 Å². The molecule has 0 bridgehead atoms. The molecule has 0 saturated heterocycles. The van der Waals surface area contributed by atoms with Gasteiger partial charge < -0.3 is 5.32 Å². The fraction of sp³-hybridized carbons (Fsp3) is 0.308. The lowest BCUT2D eigenvalue weighted by molar-refractivity contribution is -0.128. The summed E-state index contributed by atoms with van der Waals surface area (Å²) < 4.78 is 14.2. The zero-order valence-corrected chi connectivity index (χ0v) is 20.6. The Hall–Kier alpha value is -4.21. The molecule has 0 fully saturated rings. The molecule has 1 atom stereocenters. The van der Waals surface area contributed by atoms with E-state index in [1.165, 1.54) is 17.0 Å². The van der Waals surface area contributed by atoms with Crippen molar-refractivity contribution in [3.8, 4) is 11.4 Å². The summed E-state index contributed by atoms with van der Waals surface area (Å²) in [5.41, 5.74) is 0.948. The summed E-state index contributed by atoms with van der Waals surface area (Å²) in [5.74, 6) is -1.14. The van der Waals surface area contributed by atoms with Gasteiger partial charge in [0.1, 0.15) is 18.4 Å². The number of nitrogens with zero attached hydrogens (tertiary/aromatic N) is 6. The van der Waals surface area contributed by atoms with Gasteiger partial charge in [0, 0.05) is 10.9 Å². The van der Waals surface area contributed by atoms with Gasteiger partial charge in [0.2, 0.25) is 11.7 Å². The van der Waals surface area contributed by atoms with Gasteiger partial charge in [-0.1, -0.05) is 37.3 Å². The second-order valence-corrected chi connectivity index (χ2v) is 9.44. The van der Waals surface area contributed by atoms with Gasteiger partial charge in [-0.3, -0.25) is 19.5 Å². The quantitative estimate of drug-likeness (QED) is 0.424. The highest BCUT2D eigenvalue weighted by Gasteiger charge is 2.32. The van der Waals surface area contributed by atoms with E-state index in [0.717, 1.165) is 15.7 Å². The first kappa shape index (κ1) is 24.9. The third-order valence-corrected chi connectivity index (χ3v) is 5.47. The van der Waals surface area contributed by atoms with Gasteiger partial charge in [-0.15, -0.1) is 10.2 Å². The van der Waals surface area contributed by atoms with Crippen molar-refractivity contribution in [1.29, 1.82) is 0 Å². The first-order chi connectivity index (χ1) is 17.2. The molecule has 0 spiro atoms. The molecule has 2 aromatic carbocycles. The summed E-state index contributed by atoms with van der Waals surface area (Å²) in [6.07, 6.45) is 1.94. The standard InChI is InChI=1S/C26H28FN7O2/c1-5-22(25(36)29-26(2,3)4)34(18-14-17-10-6-9-13-21(17)28-15-18)23(35)16-33-31-24(30-32-33)19-11-7-8-12-20(19)27/h6-15,22H,5,16H2,1-4H3,(H,29,36). The Kier molecular flexibility index (Phi) is 7.05. The number of para-hydroxylation sites is 1. The van der Waals surface area contributed by atoms with Gasteiger partial charge in [0.15, 0.2) is 0 Å². The van der Waals surface area contributed by atoms with Crippen LogP contribution in [0.2, 0.25) is 0 Å². The number of halogens is 1. The Morgan fingerprint density at radius 2 is 1.83 bits per heavy atom. The zero-order chi connectivity index (χ0) is 25.9. The van der Waals surface area contributed by atoms with E-state index in [-0.39, 0.29) is 23.8 Å². The molecular formula is C26H28FN7O2. The van der Waals surface area contributed by atoms with Crippen molar-refractivity contribution in [2.75, 3.05) is 4.90 Å². The van der Waals surface area contributed by atoms with E-state index in [2.05, 4.69) is 25.7 Å². The van der Waals surface area contributed by atoms with E-state index < -0.39 is 23.3 Å². The summed E-state index contributed by atoms with van der Waals surface area (Å²) in [7, 11) is 0. The molecule has 0 aliphatic rings. The Balaban J connectivity index is 1.69. The molecule has 36 heavy (non-hydrogen) atoms. The van der Waals surface area contributed by atoms with Gasteiger partial charge in [-0.25, -0.2) is 4.39 Å². The normalized spacial score (nSPS) is 12.4. The number of rotatable bonds is 7. The molecule has 1 unspecified atom stereocenters. The molecule has 2 heterocycles. The number of amides is 2. The molecule has 0 aliphatic heterocycles. The predicted octanol–water partition coefficient (Wildman–Crippen LogP) is 3.75. The molecule has 4 aromatic rings. The number of benzene rings is 2. The minimum atomic E-state index is -0.797. The van der Waals surface area contributed by atoms with Gasteiger partial charge in [-0.05, 0) is 56.7 Å². The van der Waals surface area contributed by atoms with Crippen LogP contribution in [0, 0.1) is 5.82 Å².